The van der Waals surface area contributed by atoms with E-state index in [1.807, 2.05) is 30.3 Å². The van der Waals surface area contributed by atoms with E-state index in [0.717, 1.165) is 16.0 Å². The van der Waals surface area contributed by atoms with Crippen LogP contribution in [0.4, 0.5) is 5.69 Å². The number of nitrogens with one attached hydrogen (secondary N) is 1. The van der Waals surface area contributed by atoms with Gasteiger partial charge in [-0.05, 0) is 69.4 Å². The minimum Gasteiger partial charge on any atom is -0.399 e. The predicted octanol–water partition coefficient (Wildman–Crippen LogP) is 4.11. The number of benzene rings is 2. The summed E-state index contributed by atoms with van der Waals surface area (Å²) in [4.78, 5) is 1.15. The van der Waals surface area contributed by atoms with Gasteiger partial charge in [-0.3, -0.25) is 0 Å². The van der Waals surface area contributed by atoms with E-state index in [1.54, 1.807) is 11.9 Å². The van der Waals surface area contributed by atoms with E-state index in [9.17, 15) is 0 Å². The molecule has 3 nitrogen and oxygen atoms in total. The van der Waals surface area contributed by atoms with E-state index in [1.165, 1.54) is 0 Å². The van der Waals surface area contributed by atoms with Gasteiger partial charge in [0.2, 0.25) is 0 Å². The summed E-state index contributed by atoms with van der Waals surface area (Å²) in [7, 11) is -0.305. The lowest BCUT2D eigenvalue weighted by atomic mass is 9.79. The van der Waals surface area contributed by atoms with Crippen LogP contribution in [0.1, 0.15) is 27.7 Å². The van der Waals surface area contributed by atoms with Gasteiger partial charge in [0.15, 0.2) is 0 Å². The summed E-state index contributed by atoms with van der Waals surface area (Å²) in [5.74, 6) is 0. The van der Waals surface area contributed by atoms with E-state index < -0.39 is 0 Å². The fourth-order valence-corrected chi connectivity index (χ4v) is 2.94. The third kappa shape index (κ3) is 3.57. The fraction of sp³-hybridized carbons (Fsp3) is 0.333. The Bertz CT molecular complexity index is 642. The molecule has 0 atom stereocenters. The van der Waals surface area contributed by atoms with E-state index in [2.05, 4.69) is 56.7 Å². The monoisotopic (exact) mass is 327 g/mol. The largest absolute Gasteiger partial charge is 0.494 e. The highest BCUT2D eigenvalue weighted by atomic mass is 32.2. The minimum atomic E-state index is -0.306. The van der Waals surface area contributed by atoms with Crippen molar-refractivity contribution in [2.45, 2.75) is 43.8 Å². The summed E-state index contributed by atoms with van der Waals surface area (Å²) in [6.07, 6.45) is 0. The Balaban J connectivity index is 1.64. The van der Waals surface area contributed by atoms with E-state index in [0.29, 0.717) is 0 Å². The highest BCUT2D eigenvalue weighted by Gasteiger charge is 2.51. The molecule has 1 fully saturated rings. The summed E-state index contributed by atoms with van der Waals surface area (Å²) < 4.78 is 15.5. The molecular weight excluding hydrogens is 305 g/mol. The Kier molecular flexibility index (Phi) is 4.45. The van der Waals surface area contributed by atoms with Gasteiger partial charge in [0.1, 0.15) is 0 Å². The molecule has 5 heteroatoms. The van der Waals surface area contributed by atoms with Crippen LogP contribution in [0.3, 0.4) is 0 Å². The van der Waals surface area contributed by atoms with Crippen LogP contribution >= 0.6 is 11.9 Å². The number of hydrogen-bond donors (Lipinski definition) is 1. The van der Waals surface area contributed by atoms with Crippen molar-refractivity contribution in [1.82, 2.24) is 0 Å². The van der Waals surface area contributed by atoms with E-state index >= 15 is 0 Å². The van der Waals surface area contributed by atoms with Crippen LogP contribution in [0.5, 0.6) is 0 Å². The molecule has 1 N–H and O–H groups in total. The van der Waals surface area contributed by atoms with Crippen molar-refractivity contribution in [3.63, 3.8) is 0 Å². The molecule has 3 rings (SSSR count). The first kappa shape index (κ1) is 16.4. The lowest BCUT2D eigenvalue weighted by Gasteiger charge is -2.32. The van der Waals surface area contributed by atoms with Crippen LogP contribution in [0, 0.1) is 0 Å². The lowest BCUT2D eigenvalue weighted by Crippen LogP contribution is -2.41. The number of hydrogen-bond acceptors (Lipinski definition) is 4. The maximum atomic E-state index is 6.07. The average molecular weight is 327 g/mol. The SMILES string of the molecule is CC1(C)OB(c2ccc(SNc3ccccc3)cc2)OC1(C)C. The summed E-state index contributed by atoms with van der Waals surface area (Å²) >= 11 is 1.59. The Morgan fingerprint density at radius 1 is 0.826 bits per heavy atom. The zero-order valence-corrected chi connectivity index (χ0v) is 14.8. The Morgan fingerprint density at radius 2 is 1.39 bits per heavy atom. The third-order valence-electron chi connectivity index (χ3n) is 4.47. The van der Waals surface area contributed by atoms with Crippen molar-refractivity contribution >= 4 is 30.2 Å². The molecule has 0 aromatic heterocycles. The van der Waals surface area contributed by atoms with E-state index in [-0.39, 0.29) is 18.3 Å². The van der Waals surface area contributed by atoms with Gasteiger partial charge in [0.25, 0.3) is 0 Å². The number of rotatable bonds is 4. The number of anilines is 1. The van der Waals surface area contributed by atoms with Crippen LogP contribution in [0.2, 0.25) is 0 Å². The lowest BCUT2D eigenvalue weighted by molar-refractivity contribution is 0.00578. The molecule has 0 unspecified atom stereocenters. The van der Waals surface area contributed by atoms with Gasteiger partial charge in [-0.25, -0.2) is 0 Å². The summed E-state index contributed by atoms with van der Waals surface area (Å²) in [5.41, 5.74) is 1.53. The first-order chi connectivity index (χ1) is 10.9. The van der Waals surface area contributed by atoms with Crippen LogP contribution < -0.4 is 10.2 Å². The van der Waals surface area contributed by atoms with Gasteiger partial charge in [-0.2, -0.15) is 0 Å². The average Bonchev–Trinajstić information content (AvgIpc) is 2.75. The molecule has 1 aliphatic heterocycles. The van der Waals surface area contributed by atoms with Gasteiger partial charge < -0.3 is 14.0 Å². The van der Waals surface area contributed by atoms with E-state index in [4.69, 9.17) is 9.31 Å². The second-order valence-corrected chi connectivity index (χ2v) is 7.61. The summed E-state index contributed by atoms with van der Waals surface area (Å²) in [6.45, 7) is 8.28. The van der Waals surface area contributed by atoms with Gasteiger partial charge in [0.05, 0.1) is 11.2 Å². The quantitative estimate of drug-likeness (QED) is 0.676. The molecule has 0 bridgehead atoms. The van der Waals surface area contributed by atoms with Crippen molar-refractivity contribution in [2.24, 2.45) is 0 Å². The molecular formula is C18H22BNO2S. The Labute approximate surface area is 143 Å². The highest BCUT2D eigenvalue weighted by molar-refractivity contribution is 8.00. The van der Waals surface area contributed by atoms with Gasteiger partial charge >= 0.3 is 7.12 Å². The molecule has 2 aromatic carbocycles. The van der Waals surface area contributed by atoms with Crippen molar-refractivity contribution < 1.29 is 9.31 Å². The first-order valence-electron chi connectivity index (χ1n) is 7.81. The smallest absolute Gasteiger partial charge is 0.399 e. The summed E-state index contributed by atoms with van der Waals surface area (Å²) in [6, 6.07) is 18.4. The molecule has 120 valence electrons. The topological polar surface area (TPSA) is 30.5 Å². The number of para-hydroxylation sites is 1. The zero-order chi connectivity index (χ0) is 16.5. The molecule has 1 aliphatic rings. The third-order valence-corrected chi connectivity index (χ3v) is 5.31. The molecule has 1 saturated heterocycles. The molecule has 2 aromatic rings. The van der Waals surface area contributed by atoms with Gasteiger partial charge in [-0.1, -0.05) is 30.3 Å². The second kappa shape index (κ2) is 6.23. The molecule has 23 heavy (non-hydrogen) atoms. The van der Waals surface area contributed by atoms with Crippen LogP contribution in [-0.4, -0.2) is 18.3 Å². The maximum Gasteiger partial charge on any atom is 0.494 e. The van der Waals surface area contributed by atoms with Crippen molar-refractivity contribution in [1.29, 1.82) is 0 Å². The Hall–Kier alpha value is -1.43. The molecule has 0 amide bonds. The molecule has 0 radical (unpaired) electrons. The summed E-state index contributed by atoms with van der Waals surface area (Å²) in [5, 5.41) is 0. The van der Waals surface area contributed by atoms with Crippen molar-refractivity contribution in [2.75, 3.05) is 4.72 Å². The van der Waals surface area contributed by atoms with Crippen LogP contribution in [0.15, 0.2) is 59.5 Å². The molecule has 0 aliphatic carbocycles. The molecule has 0 saturated carbocycles. The zero-order valence-electron chi connectivity index (χ0n) is 14.0. The second-order valence-electron chi connectivity index (χ2n) is 6.73. The Morgan fingerprint density at radius 3 is 1.96 bits per heavy atom. The first-order valence-corrected chi connectivity index (χ1v) is 8.63. The fourth-order valence-electron chi connectivity index (χ4n) is 2.30. The standard InChI is InChI=1S/C18H22BNO2S/c1-17(2)18(3,4)22-19(21-17)14-10-12-16(13-11-14)23-20-15-8-6-5-7-9-15/h5-13,20H,1-4H3. The predicted molar refractivity (Wildman–Crippen MR) is 98.1 cm³/mol. The van der Waals surface area contributed by atoms with Gasteiger partial charge in [-0.15, -0.1) is 0 Å². The maximum absolute atomic E-state index is 6.07. The van der Waals surface area contributed by atoms with Crippen molar-refractivity contribution in [3.05, 3.63) is 54.6 Å². The van der Waals surface area contributed by atoms with Crippen molar-refractivity contribution in [3.8, 4) is 0 Å². The van der Waals surface area contributed by atoms with Crippen LogP contribution in [0.25, 0.3) is 0 Å². The highest BCUT2D eigenvalue weighted by Crippen LogP contribution is 2.36. The van der Waals surface area contributed by atoms with Crippen LogP contribution in [-0.2, 0) is 9.31 Å². The normalized spacial score (nSPS) is 18.9. The molecule has 1 heterocycles. The minimum absolute atomic E-state index is 0.305. The molecule has 0 spiro atoms. The van der Waals surface area contributed by atoms with Gasteiger partial charge in [0, 0.05) is 10.6 Å².